The maximum absolute atomic E-state index is 2.34. The molecule has 0 bridgehead atoms. The van der Waals surface area contributed by atoms with Crippen LogP contribution in [-0.4, -0.2) is 13.4 Å². The molecule has 0 aromatic heterocycles. The summed E-state index contributed by atoms with van der Waals surface area (Å²) in [4.78, 5) is 0. The van der Waals surface area contributed by atoms with Crippen molar-refractivity contribution in [2.45, 2.75) is 53.0 Å². The quantitative estimate of drug-likeness (QED) is 0.638. The summed E-state index contributed by atoms with van der Waals surface area (Å²) < 4.78 is 0. The van der Waals surface area contributed by atoms with Crippen molar-refractivity contribution in [3.63, 3.8) is 0 Å². The average Bonchev–Trinajstić information content (AvgIpc) is 2.34. The van der Waals surface area contributed by atoms with Crippen LogP contribution in [0.1, 0.15) is 27.7 Å². The van der Waals surface area contributed by atoms with E-state index >= 15 is 0 Å². The van der Waals surface area contributed by atoms with Gasteiger partial charge in [-0.2, -0.15) is 0 Å². The Morgan fingerprint density at radius 2 is 0.875 bits per heavy atom. The van der Waals surface area contributed by atoms with E-state index in [1.54, 1.807) is 0 Å². The zero-order chi connectivity index (χ0) is 12.0. The van der Waals surface area contributed by atoms with Crippen LogP contribution in [0.2, 0.25) is 25.3 Å². The van der Waals surface area contributed by atoms with Crippen LogP contribution in [-0.2, 0) is 0 Å². The van der Waals surface area contributed by atoms with Gasteiger partial charge in [0.1, 0.15) is 0 Å². The number of hydrogen-bond acceptors (Lipinski definition) is 0. The molecule has 2 heteroatoms. The van der Waals surface area contributed by atoms with Crippen LogP contribution in [0, 0.1) is 0 Å². The average molecular weight is 214 g/mol. The number of benzene rings is 1. The molecule has 0 aliphatic carbocycles. The maximum Gasteiger partial charge on any atom is 0.175 e. The van der Waals surface area contributed by atoms with Gasteiger partial charge in [0.2, 0.25) is 0 Å². The minimum Gasteiger partial charge on any atom is -0.0801 e. The fraction of sp³-hybridized carbons (Fsp3) is 0.571. The Kier molecular flexibility index (Phi) is 5.73. The highest BCUT2D eigenvalue weighted by Crippen LogP contribution is 2.02. The lowest BCUT2D eigenvalue weighted by atomic mass is 9.39. The molecule has 1 aromatic carbocycles. The standard InChI is InChI=1S/C14H24B2/c1-5-15(6-2)13-9-11-14(12-10-13)16(7-3)8-4/h9-12H,5-8H2,1-4H3. The van der Waals surface area contributed by atoms with Crippen LogP contribution in [0.15, 0.2) is 24.3 Å². The Morgan fingerprint density at radius 3 is 1.06 bits per heavy atom. The highest BCUT2D eigenvalue weighted by Gasteiger charge is 2.14. The predicted molar refractivity (Wildman–Crippen MR) is 79.1 cm³/mol. The molecule has 16 heavy (non-hydrogen) atoms. The minimum absolute atomic E-state index is 0.746. The second-order valence-corrected chi connectivity index (χ2v) is 4.69. The van der Waals surface area contributed by atoms with Gasteiger partial charge in [0.05, 0.1) is 0 Å². The first kappa shape index (κ1) is 13.4. The van der Waals surface area contributed by atoms with Crippen molar-refractivity contribution in [3.8, 4) is 0 Å². The topological polar surface area (TPSA) is 0 Å². The van der Waals surface area contributed by atoms with Gasteiger partial charge in [0.25, 0.3) is 0 Å². The van der Waals surface area contributed by atoms with Gasteiger partial charge < -0.3 is 0 Å². The van der Waals surface area contributed by atoms with E-state index in [0.717, 1.165) is 13.4 Å². The molecule has 0 aliphatic rings. The van der Waals surface area contributed by atoms with E-state index in [1.165, 1.54) is 36.2 Å². The van der Waals surface area contributed by atoms with Crippen LogP contribution >= 0.6 is 0 Å². The van der Waals surface area contributed by atoms with Gasteiger partial charge in [-0.3, -0.25) is 0 Å². The van der Waals surface area contributed by atoms with E-state index in [2.05, 4.69) is 52.0 Å². The van der Waals surface area contributed by atoms with Gasteiger partial charge in [-0.25, -0.2) is 0 Å². The fourth-order valence-electron chi connectivity index (χ4n) is 2.56. The summed E-state index contributed by atoms with van der Waals surface area (Å²) in [5.74, 6) is 0. The summed E-state index contributed by atoms with van der Waals surface area (Å²) in [6.45, 7) is 10.6. The van der Waals surface area contributed by atoms with Crippen molar-refractivity contribution in [1.29, 1.82) is 0 Å². The molecule has 0 saturated carbocycles. The van der Waals surface area contributed by atoms with E-state index in [-0.39, 0.29) is 0 Å². The van der Waals surface area contributed by atoms with Gasteiger partial charge in [0.15, 0.2) is 13.4 Å². The van der Waals surface area contributed by atoms with Crippen LogP contribution < -0.4 is 10.9 Å². The van der Waals surface area contributed by atoms with E-state index < -0.39 is 0 Å². The summed E-state index contributed by atoms with van der Waals surface area (Å²) in [6, 6.07) is 9.35. The fourth-order valence-corrected chi connectivity index (χ4v) is 2.56. The van der Waals surface area contributed by atoms with E-state index in [1.807, 2.05) is 0 Å². The van der Waals surface area contributed by atoms with Crippen molar-refractivity contribution in [2.24, 2.45) is 0 Å². The SMILES string of the molecule is CCB(CC)c1ccc(B(CC)CC)cc1. The molecule has 0 radical (unpaired) electrons. The molecule has 0 aliphatic heterocycles. The van der Waals surface area contributed by atoms with E-state index in [4.69, 9.17) is 0 Å². The van der Waals surface area contributed by atoms with Crippen LogP contribution in [0.25, 0.3) is 0 Å². The molecular weight excluding hydrogens is 190 g/mol. The Labute approximate surface area is 102 Å². The van der Waals surface area contributed by atoms with Crippen LogP contribution in [0.5, 0.6) is 0 Å². The smallest absolute Gasteiger partial charge is 0.0801 e. The Hall–Kier alpha value is -0.650. The maximum atomic E-state index is 2.34. The molecule has 1 rings (SSSR count). The zero-order valence-electron chi connectivity index (χ0n) is 11.3. The molecule has 0 atom stereocenters. The third-order valence-corrected chi connectivity index (χ3v) is 3.85. The molecule has 1 aromatic rings. The first-order valence-electron chi connectivity index (χ1n) is 6.86. The normalized spacial score (nSPS) is 10.2. The zero-order valence-corrected chi connectivity index (χ0v) is 11.3. The minimum atomic E-state index is 0.746. The molecule has 0 amide bonds. The lowest BCUT2D eigenvalue weighted by Crippen LogP contribution is -2.33. The van der Waals surface area contributed by atoms with Gasteiger partial charge in [-0.1, -0.05) is 88.2 Å². The van der Waals surface area contributed by atoms with Gasteiger partial charge in [0, 0.05) is 0 Å². The van der Waals surface area contributed by atoms with E-state index in [0.29, 0.717) is 0 Å². The summed E-state index contributed by atoms with van der Waals surface area (Å²) in [5.41, 5.74) is 3.03. The third-order valence-electron chi connectivity index (χ3n) is 3.85. The summed E-state index contributed by atoms with van der Waals surface area (Å²) >= 11 is 0. The first-order valence-corrected chi connectivity index (χ1v) is 6.86. The van der Waals surface area contributed by atoms with Gasteiger partial charge in [-0.05, 0) is 0 Å². The number of hydrogen-bond donors (Lipinski definition) is 0. The summed E-state index contributed by atoms with van der Waals surface area (Å²) in [7, 11) is 0. The molecule has 0 fully saturated rings. The predicted octanol–water partition coefficient (Wildman–Crippen LogP) is 3.17. The summed E-state index contributed by atoms with van der Waals surface area (Å²) in [5, 5.41) is 0. The van der Waals surface area contributed by atoms with Crippen molar-refractivity contribution >= 4 is 24.4 Å². The van der Waals surface area contributed by atoms with Gasteiger partial charge >= 0.3 is 0 Å². The molecule has 0 unspecified atom stereocenters. The lowest BCUT2D eigenvalue weighted by molar-refractivity contribution is 1.32. The second kappa shape index (κ2) is 6.83. The van der Waals surface area contributed by atoms with Crippen molar-refractivity contribution in [3.05, 3.63) is 24.3 Å². The number of rotatable bonds is 6. The monoisotopic (exact) mass is 214 g/mol. The second-order valence-electron chi connectivity index (χ2n) is 4.69. The summed E-state index contributed by atoms with van der Waals surface area (Å²) in [6.07, 6.45) is 5.00. The molecule has 0 nitrogen and oxygen atoms in total. The van der Waals surface area contributed by atoms with Crippen LogP contribution in [0.4, 0.5) is 0 Å². The lowest BCUT2D eigenvalue weighted by Gasteiger charge is -2.13. The molecule has 86 valence electrons. The molecule has 0 N–H and O–H groups in total. The highest BCUT2D eigenvalue weighted by molar-refractivity contribution is 6.74. The Morgan fingerprint density at radius 1 is 0.625 bits per heavy atom. The van der Waals surface area contributed by atoms with Crippen molar-refractivity contribution in [1.82, 2.24) is 0 Å². The highest BCUT2D eigenvalue weighted by atomic mass is 13.9. The molecule has 0 spiro atoms. The Balaban J connectivity index is 2.81. The largest absolute Gasteiger partial charge is 0.175 e. The molecular formula is C14H24B2. The molecule has 0 heterocycles. The van der Waals surface area contributed by atoms with Crippen molar-refractivity contribution in [2.75, 3.05) is 0 Å². The van der Waals surface area contributed by atoms with Crippen LogP contribution in [0.3, 0.4) is 0 Å². The third kappa shape index (κ3) is 3.17. The molecule has 0 saturated heterocycles. The van der Waals surface area contributed by atoms with Crippen molar-refractivity contribution < 1.29 is 0 Å². The van der Waals surface area contributed by atoms with E-state index in [9.17, 15) is 0 Å². The Bertz CT molecular complexity index is 253. The first-order chi connectivity index (χ1) is 7.76. The van der Waals surface area contributed by atoms with Gasteiger partial charge in [-0.15, -0.1) is 0 Å².